The zero-order chi connectivity index (χ0) is 17.3. The Morgan fingerprint density at radius 3 is 2.17 bits per heavy atom. The summed E-state index contributed by atoms with van der Waals surface area (Å²) in [6, 6.07) is 12.7. The SMILES string of the molecule is CC(C)(C)c1ccc(C(=O)Nc2cccc(S(=O)(=O)O)c2)cc1. The summed E-state index contributed by atoms with van der Waals surface area (Å²) in [7, 11) is -4.30. The quantitative estimate of drug-likeness (QED) is 0.842. The summed E-state index contributed by atoms with van der Waals surface area (Å²) in [5, 5.41) is 2.61. The van der Waals surface area contributed by atoms with Gasteiger partial charge in [-0.05, 0) is 41.3 Å². The molecular weight excluding hydrogens is 314 g/mol. The molecule has 2 aromatic carbocycles. The predicted octanol–water partition coefficient (Wildman–Crippen LogP) is 3.48. The van der Waals surface area contributed by atoms with Crippen LogP contribution in [0.15, 0.2) is 53.4 Å². The number of rotatable bonds is 3. The second kappa shape index (κ2) is 6.14. The number of hydrogen-bond donors (Lipinski definition) is 2. The Hall–Kier alpha value is -2.18. The summed E-state index contributed by atoms with van der Waals surface area (Å²) in [6.45, 7) is 6.26. The average Bonchev–Trinajstić information content (AvgIpc) is 2.46. The summed E-state index contributed by atoms with van der Waals surface area (Å²) in [5.74, 6) is -0.349. The van der Waals surface area contributed by atoms with Crippen LogP contribution in [-0.4, -0.2) is 18.9 Å². The zero-order valence-electron chi connectivity index (χ0n) is 13.2. The van der Waals surface area contributed by atoms with Crippen molar-refractivity contribution in [3.8, 4) is 0 Å². The summed E-state index contributed by atoms with van der Waals surface area (Å²) in [4.78, 5) is 11.9. The van der Waals surface area contributed by atoms with Gasteiger partial charge in [0.15, 0.2) is 0 Å². The number of carbonyl (C=O) groups excluding carboxylic acids is 1. The normalized spacial score (nSPS) is 12.0. The molecule has 2 aromatic rings. The first-order chi connectivity index (χ1) is 10.6. The van der Waals surface area contributed by atoms with Gasteiger partial charge in [0.05, 0.1) is 4.90 Å². The van der Waals surface area contributed by atoms with Crippen LogP contribution in [0.2, 0.25) is 0 Å². The van der Waals surface area contributed by atoms with Crippen molar-refractivity contribution in [3.63, 3.8) is 0 Å². The maximum absolute atomic E-state index is 12.2. The van der Waals surface area contributed by atoms with E-state index in [1.54, 1.807) is 18.2 Å². The lowest BCUT2D eigenvalue weighted by Gasteiger charge is -2.19. The number of hydrogen-bond acceptors (Lipinski definition) is 3. The predicted molar refractivity (Wildman–Crippen MR) is 89.4 cm³/mol. The molecule has 1 amide bonds. The largest absolute Gasteiger partial charge is 0.322 e. The highest BCUT2D eigenvalue weighted by atomic mass is 32.2. The minimum Gasteiger partial charge on any atom is -0.322 e. The van der Waals surface area contributed by atoms with Gasteiger partial charge in [-0.3, -0.25) is 9.35 Å². The molecule has 0 heterocycles. The maximum atomic E-state index is 12.2. The molecule has 0 fully saturated rings. The average molecular weight is 333 g/mol. The van der Waals surface area contributed by atoms with Gasteiger partial charge in [-0.15, -0.1) is 0 Å². The van der Waals surface area contributed by atoms with Crippen molar-refractivity contribution < 1.29 is 17.8 Å². The van der Waals surface area contributed by atoms with Crippen molar-refractivity contribution in [2.75, 3.05) is 5.32 Å². The summed E-state index contributed by atoms with van der Waals surface area (Å²) >= 11 is 0. The topological polar surface area (TPSA) is 83.5 Å². The summed E-state index contributed by atoms with van der Waals surface area (Å²) in [6.07, 6.45) is 0. The van der Waals surface area contributed by atoms with Crippen LogP contribution in [0.1, 0.15) is 36.7 Å². The zero-order valence-corrected chi connectivity index (χ0v) is 14.0. The van der Waals surface area contributed by atoms with E-state index < -0.39 is 10.1 Å². The minimum atomic E-state index is -4.30. The lowest BCUT2D eigenvalue weighted by atomic mass is 9.87. The molecule has 2 rings (SSSR count). The van der Waals surface area contributed by atoms with E-state index in [1.165, 1.54) is 18.2 Å². The molecule has 0 radical (unpaired) electrons. The molecule has 0 aliphatic carbocycles. The van der Waals surface area contributed by atoms with Crippen LogP contribution in [0.3, 0.4) is 0 Å². The van der Waals surface area contributed by atoms with E-state index in [0.29, 0.717) is 11.3 Å². The number of benzene rings is 2. The molecule has 0 bridgehead atoms. The Balaban J connectivity index is 2.20. The first-order valence-electron chi connectivity index (χ1n) is 7.07. The third-order valence-electron chi connectivity index (χ3n) is 3.40. The Kier molecular flexibility index (Phi) is 4.58. The first kappa shape index (κ1) is 17.2. The fourth-order valence-electron chi connectivity index (χ4n) is 2.06. The lowest BCUT2D eigenvalue weighted by molar-refractivity contribution is 0.102. The van der Waals surface area contributed by atoms with Gasteiger partial charge in [0.1, 0.15) is 0 Å². The summed E-state index contributed by atoms with van der Waals surface area (Å²) in [5.41, 5.74) is 1.88. The van der Waals surface area contributed by atoms with Gasteiger partial charge in [-0.25, -0.2) is 0 Å². The van der Waals surface area contributed by atoms with Crippen LogP contribution < -0.4 is 5.32 Å². The van der Waals surface area contributed by atoms with E-state index in [-0.39, 0.29) is 16.2 Å². The fraction of sp³-hybridized carbons (Fsp3) is 0.235. The van der Waals surface area contributed by atoms with Crippen LogP contribution in [0.5, 0.6) is 0 Å². The second-order valence-electron chi connectivity index (χ2n) is 6.28. The number of anilines is 1. The molecule has 122 valence electrons. The Labute approximate surface area is 136 Å². The molecule has 5 nitrogen and oxygen atoms in total. The van der Waals surface area contributed by atoms with Gasteiger partial charge < -0.3 is 5.32 Å². The number of nitrogens with one attached hydrogen (secondary N) is 1. The van der Waals surface area contributed by atoms with E-state index in [9.17, 15) is 13.2 Å². The standard InChI is InChI=1S/C17H19NO4S/c1-17(2,3)13-9-7-12(8-10-13)16(19)18-14-5-4-6-15(11-14)23(20,21)22/h4-11H,1-3H3,(H,18,19)(H,20,21,22). The smallest absolute Gasteiger partial charge is 0.294 e. The van der Waals surface area contributed by atoms with Gasteiger partial charge in [-0.2, -0.15) is 8.42 Å². The van der Waals surface area contributed by atoms with E-state index in [4.69, 9.17) is 4.55 Å². The molecule has 0 saturated heterocycles. The van der Waals surface area contributed by atoms with Crippen molar-refractivity contribution >= 4 is 21.7 Å². The van der Waals surface area contributed by atoms with Gasteiger partial charge in [0.25, 0.3) is 16.0 Å². The van der Waals surface area contributed by atoms with Gasteiger partial charge in [-0.1, -0.05) is 39.0 Å². The Morgan fingerprint density at radius 2 is 1.65 bits per heavy atom. The van der Waals surface area contributed by atoms with Gasteiger partial charge in [0, 0.05) is 11.3 Å². The van der Waals surface area contributed by atoms with E-state index in [2.05, 4.69) is 26.1 Å². The van der Waals surface area contributed by atoms with Crippen molar-refractivity contribution in [2.24, 2.45) is 0 Å². The van der Waals surface area contributed by atoms with Crippen molar-refractivity contribution in [3.05, 3.63) is 59.7 Å². The summed E-state index contributed by atoms with van der Waals surface area (Å²) < 4.78 is 31.3. The molecule has 0 atom stereocenters. The maximum Gasteiger partial charge on any atom is 0.294 e. The van der Waals surface area contributed by atoms with Crippen molar-refractivity contribution in [1.82, 2.24) is 0 Å². The van der Waals surface area contributed by atoms with E-state index in [1.807, 2.05) is 12.1 Å². The lowest BCUT2D eigenvalue weighted by Crippen LogP contribution is -2.14. The first-order valence-corrected chi connectivity index (χ1v) is 8.51. The molecule has 0 aliphatic rings. The van der Waals surface area contributed by atoms with Crippen LogP contribution in [0, 0.1) is 0 Å². The highest BCUT2D eigenvalue weighted by Gasteiger charge is 2.15. The third kappa shape index (κ3) is 4.40. The van der Waals surface area contributed by atoms with Gasteiger partial charge >= 0.3 is 0 Å². The van der Waals surface area contributed by atoms with Gasteiger partial charge in [0.2, 0.25) is 0 Å². The van der Waals surface area contributed by atoms with Crippen molar-refractivity contribution in [1.29, 1.82) is 0 Å². The van der Waals surface area contributed by atoms with Crippen LogP contribution in [0.4, 0.5) is 5.69 Å². The van der Waals surface area contributed by atoms with Crippen LogP contribution >= 0.6 is 0 Å². The third-order valence-corrected chi connectivity index (χ3v) is 4.25. The van der Waals surface area contributed by atoms with Crippen LogP contribution in [0.25, 0.3) is 0 Å². The Bertz CT molecular complexity index is 818. The monoisotopic (exact) mass is 333 g/mol. The highest BCUT2D eigenvalue weighted by Crippen LogP contribution is 2.22. The van der Waals surface area contributed by atoms with E-state index in [0.717, 1.165) is 5.56 Å². The van der Waals surface area contributed by atoms with Crippen LogP contribution in [-0.2, 0) is 15.5 Å². The fourth-order valence-corrected chi connectivity index (χ4v) is 2.59. The van der Waals surface area contributed by atoms with Crippen molar-refractivity contribution in [2.45, 2.75) is 31.1 Å². The molecule has 0 saturated carbocycles. The number of carbonyl (C=O) groups is 1. The molecule has 0 unspecified atom stereocenters. The molecule has 23 heavy (non-hydrogen) atoms. The molecule has 0 aliphatic heterocycles. The number of amides is 1. The van der Waals surface area contributed by atoms with E-state index >= 15 is 0 Å². The molecular formula is C17H19NO4S. The second-order valence-corrected chi connectivity index (χ2v) is 7.71. The Morgan fingerprint density at radius 1 is 1.04 bits per heavy atom. The molecule has 6 heteroatoms. The highest BCUT2D eigenvalue weighted by molar-refractivity contribution is 7.85. The minimum absolute atomic E-state index is 0.00117. The molecule has 0 spiro atoms. The molecule has 0 aromatic heterocycles. The molecule has 2 N–H and O–H groups in total.